The number of anilines is 1. The summed E-state index contributed by atoms with van der Waals surface area (Å²) in [6, 6.07) is 4.51. The van der Waals surface area contributed by atoms with Gasteiger partial charge in [-0.05, 0) is 25.5 Å². The fourth-order valence-corrected chi connectivity index (χ4v) is 2.43. The molecule has 2 rings (SSSR count). The first-order chi connectivity index (χ1) is 7.28. The Bertz CT molecular complexity index is 359. The molecule has 80 valence electrons. The summed E-state index contributed by atoms with van der Waals surface area (Å²) in [4.78, 5) is 8.80. The molecule has 1 aliphatic heterocycles. The highest BCUT2D eigenvalue weighted by molar-refractivity contribution is 8.14. The zero-order valence-electron chi connectivity index (χ0n) is 9.03. The van der Waals surface area contributed by atoms with E-state index in [0.29, 0.717) is 6.04 Å². The molecule has 1 N–H and O–H groups in total. The lowest BCUT2D eigenvalue weighted by atomic mass is 10.3. The highest BCUT2D eigenvalue weighted by atomic mass is 32.2. The number of aromatic nitrogens is 1. The molecule has 0 aromatic carbocycles. The fraction of sp³-hybridized carbons (Fsp3) is 0.455. The van der Waals surface area contributed by atoms with E-state index < -0.39 is 0 Å². The first-order valence-electron chi connectivity index (χ1n) is 5.18. The fourth-order valence-electron chi connectivity index (χ4n) is 1.36. The van der Waals surface area contributed by atoms with Crippen LogP contribution < -0.4 is 5.32 Å². The molecule has 0 saturated heterocycles. The summed E-state index contributed by atoms with van der Waals surface area (Å²) in [7, 11) is 0. The summed E-state index contributed by atoms with van der Waals surface area (Å²) in [5, 5.41) is 4.30. The minimum absolute atomic E-state index is 0.482. The molecular formula is C11H15N3S. The van der Waals surface area contributed by atoms with Crippen LogP contribution in [0, 0.1) is 6.92 Å². The first kappa shape index (κ1) is 10.5. The lowest BCUT2D eigenvalue weighted by molar-refractivity contribution is 0.738. The highest BCUT2D eigenvalue weighted by Crippen LogP contribution is 2.21. The van der Waals surface area contributed by atoms with E-state index >= 15 is 0 Å². The molecule has 2 heterocycles. The zero-order valence-corrected chi connectivity index (χ0v) is 9.84. The summed E-state index contributed by atoms with van der Waals surface area (Å²) >= 11 is 1.79. The van der Waals surface area contributed by atoms with Crippen molar-refractivity contribution < 1.29 is 0 Å². The van der Waals surface area contributed by atoms with E-state index in [9.17, 15) is 0 Å². The van der Waals surface area contributed by atoms with Gasteiger partial charge in [0.25, 0.3) is 0 Å². The van der Waals surface area contributed by atoms with Crippen LogP contribution >= 0.6 is 11.8 Å². The standard InChI is InChI=1S/C11H15N3S/c1-3-9-7-15-11(13-9)14-10-5-4-8(2)12-6-10/h4-6,9H,3,7H2,1-2H3,(H,13,14). The average molecular weight is 221 g/mol. The Balaban J connectivity index is 2.00. The van der Waals surface area contributed by atoms with Gasteiger partial charge in [0.15, 0.2) is 5.17 Å². The number of pyridine rings is 1. The lowest BCUT2D eigenvalue weighted by Gasteiger charge is -2.03. The van der Waals surface area contributed by atoms with Gasteiger partial charge in [-0.2, -0.15) is 0 Å². The Hall–Kier alpha value is -1.03. The maximum absolute atomic E-state index is 4.56. The van der Waals surface area contributed by atoms with E-state index in [0.717, 1.165) is 28.7 Å². The Morgan fingerprint density at radius 1 is 1.53 bits per heavy atom. The third-order valence-corrected chi connectivity index (χ3v) is 3.38. The number of aliphatic imine (C=N–C) groups is 1. The van der Waals surface area contributed by atoms with Crippen LogP contribution in [0.3, 0.4) is 0 Å². The van der Waals surface area contributed by atoms with E-state index in [1.807, 2.05) is 25.3 Å². The second-order valence-corrected chi connectivity index (χ2v) is 4.63. The van der Waals surface area contributed by atoms with Crippen molar-refractivity contribution in [1.82, 2.24) is 4.98 Å². The SMILES string of the molecule is CCC1CSC(Nc2ccc(C)nc2)=N1. The van der Waals surface area contributed by atoms with E-state index in [1.165, 1.54) is 0 Å². The molecule has 1 atom stereocenters. The number of hydrogen-bond donors (Lipinski definition) is 1. The van der Waals surface area contributed by atoms with Crippen LogP contribution in [-0.4, -0.2) is 21.9 Å². The number of hydrogen-bond acceptors (Lipinski definition) is 4. The molecule has 4 heteroatoms. The molecule has 0 fully saturated rings. The molecule has 1 unspecified atom stereocenters. The van der Waals surface area contributed by atoms with Crippen LogP contribution in [-0.2, 0) is 0 Å². The van der Waals surface area contributed by atoms with Gasteiger partial charge in [0.1, 0.15) is 0 Å². The Labute approximate surface area is 94.4 Å². The Morgan fingerprint density at radius 2 is 2.40 bits per heavy atom. The molecule has 0 saturated carbocycles. The maximum atomic E-state index is 4.56. The lowest BCUT2D eigenvalue weighted by Crippen LogP contribution is -2.05. The minimum atomic E-state index is 0.482. The van der Waals surface area contributed by atoms with Gasteiger partial charge in [-0.25, -0.2) is 0 Å². The van der Waals surface area contributed by atoms with Crippen molar-refractivity contribution in [3.63, 3.8) is 0 Å². The highest BCUT2D eigenvalue weighted by Gasteiger charge is 2.16. The Kier molecular flexibility index (Phi) is 3.26. The van der Waals surface area contributed by atoms with E-state index in [-0.39, 0.29) is 0 Å². The molecule has 0 bridgehead atoms. The topological polar surface area (TPSA) is 37.3 Å². The van der Waals surface area contributed by atoms with Crippen molar-refractivity contribution >= 4 is 22.6 Å². The maximum Gasteiger partial charge on any atom is 0.161 e. The normalized spacial score (nSPS) is 20.1. The van der Waals surface area contributed by atoms with Crippen molar-refractivity contribution in [2.24, 2.45) is 4.99 Å². The van der Waals surface area contributed by atoms with Crippen LogP contribution in [0.4, 0.5) is 5.69 Å². The second kappa shape index (κ2) is 4.66. The quantitative estimate of drug-likeness (QED) is 0.834. The molecule has 3 nitrogen and oxygen atoms in total. The number of amidine groups is 1. The summed E-state index contributed by atoms with van der Waals surface area (Å²) in [5.74, 6) is 1.10. The van der Waals surface area contributed by atoms with Gasteiger partial charge in [-0.15, -0.1) is 0 Å². The third kappa shape index (κ3) is 2.72. The van der Waals surface area contributed by atoms with Gasteiger partial charge in [0.05, 0.1) is 17.9 Å². The Morgan fingerprint density at radius 3 is 3.00 bits per heavy atom. The van der Waals surface area contributed by atoms with Gasteiger partial charge in [0.2, 0.25) is 0 Å². The predicted molar refractivity (Wildman–Crippen MR) is 66.6 cm³/mol. The zero-order chi connectivity index (χ0) is 10.7. The average Bonchev–Trinajstić information content (AvgIpc) is 2.69. The molecule has 0 spiro atoms. The van der Waals surface area contributed by atoms with E-state index in [4.69, 9.17) is 0 Å². The number of aryl methyl sites for hydroxylation is 1. The predicted octanol–water partition coefficient (Wildman–Crippen LogP) is 2.68. The molecule has 15 heavy (non-hydrogen) atoms. The monoisotopic (exact) mass is 221 g/mol. The van der Waals surface area contributed by atoms with E-state index in [2.05, 4.69) is 22.2 Å². The summed E-state index contributed by atoms with van der Waals surface area (Å²) in [6.45, 7) is 4.16. The van der Waals surface area contributed by atoms with Crippen LogP contribution in [0.5, 0.6) is 0 Å². The molecule has 1 aromatic rings. The van der Waals surface area contributed by atoms with Crippen LogP contribution in [0.25, 0.3) is 0 Å². The van der Waals surface area contributed by atoms with Crippen molar-refractivity contribution in [3.05, 3.63) is 24.0 Å². The molecular weight excluding hydrogens is 206 g/mol. The minimum Gasteiger partial charge on any atom is -0.334 e. The van der Waals surface area contributed by atoms with Crippen LogP contribution in [0.15, 0.2) is 23.3 Å². The molecule has 0 aliphatic carbocycles. The molecule has 0 radical (unpaired) electrons. The molecule has 1 aliphatic rings. The van der Waals surface area contributed by atoms with Crippen molar-refractivity contribution in [2.45, 2.75) is 26.3 Å². The number of nitrogens with one attached hydrogen (secondary N) is 1. The van der Waals surface area contributed by atoms with Gasteiger partial charge < -0.3 is 5.32 Å². The van der Waals surface area contributed by atoms with E-state index in [1.54, 1.807) is 11.8 Å². The number of rotatable bonds is 2. The van der Waals surface area contributed by atoms with Gasteiger partial charge >= 0.3 is 0 Å². The first-order valence-corrected chi connectivity index (χ1v) is 6.16. The van der Waals surface area contributed by atoms with Crippen molar-refractivity contribution in [3.8, 4) is 0 Å². The smallest absolute Gasteiger partial charge is 0.161 e. The van der Waals surface area contributed by atoms with Gasteiger partial charge in [-0.1, -0.05) is 18.7 Å². The summed E-state index contributed by atoms with van der Waals surface area (Å²) in [5.41, 5.74) is 2.05. The van der Waals surface area contributed by atoms with Crippen LogP contribution in [0.1, 0.15) is 19.0 Å². The summed E-state index contributed by atoms with van der Waals surface area (Å²) < 4.78 is 0. The molecule has 0 amide bonds. The van der Waals surface area contributed by atoms with Crippen molar-refractivity contribution in [1.29, 1.82) is 0 Å². The van der Waals surface area contributed by atoms with Crippen molar-refractivity contribution in [2.75, 3.05) is 11.1 Å². The number of nitrogens with zero attached hydrogens (tertiary/aromatic N) is 2. The number of thioether (sulfide) groups is 1. The summed E-state index contributed by atoms with van der Waals surface area (Å²) in [6.07, 6.45) is 2.96. The van der Waals surface area contributed by atoms with Gasteiger partial charge in [0, 0.05) is 11.4 Å². The molecule has 1 aromatic heterocycles. The largest absolute Gasteiger partial charge is 0.334 e. The third-order valence-electron chi connectivity index (χ3n) is 2.35. The second-order valence-electron chi connectivity index (χ2n) is 3.62. The van der Waals surface area contributed by atoms with Crippen LogP contribution in [0.2, 0.25) is 0 Å². The van der Waals surface area contributed by atoms with Gasteiger partial charge in [-0.3, -0.25) is 9.98 Å².